The van der Waals surface area contributed by atoms with Crippen molar-refractivity contribution < 1.29 is 9.18 Å². The summed E-state index contributed by atoms with van der Waals surface area (Å²) in [4.78, 5) is 13.0. The third-order valence-electron chi connectivity index (χ3n) is 2.30. The maximum absolute atomic E-state index is 13.0. The van der Waals surface area contributed by atoms with Gasteiger partial charge in [0.25, 0.3) is 0 Å². The molecular formula is C10H11FN2O. The van der Waals surface area contributed by atoms with Crippen molar-refractivity contribution in [3.8, 4) is 0 Å². The summed E-state index contributed by atoms with van der Waals surface area (Å²) in [7, 11) is 0. The second-order valence-corrected chi connectivity index (χ2v) is 3.15. The highest BCUT2D eigenvalue weighted by Crippen LogP contribution is 2.29. The zero-order valence-corrected chi connectivity index (χ0v) is 7.88. The van der Waals surface area contributed by atoms with Crippen molar-refractivity contribution >= 4 is 17.3 Å². The third kappa shape index (κ3) is 1.32. The molecule has 1 aliphatic rings. The number of rotatable bonds is 1. The van der Waals surface area contributed by atoms with Gasteiger partial charge in [0.15, 0.2) is 0 Å². The Kier molecular flexibility index (Phi) is 2.11. The third-order valence-corrected chi connectivity index (χ3v) is 2.30. The van der Waals surface area contributed by atoms with Gasteiger partial charge in [-0.05, 0) is 25.1 Å². The lowest BCUT2D eigenvalue weighted by atomic mass is 10.2. The summed E-state index contributed by atoms with van der Waals surface area (Å²) in [6.07, 6.45) is 0. The van der Waals surface area contributed by atoms with E-state index in [9.17, 15) is 9.18 Å². The van der Waals surface area contributed by atoms with Crippen molar-refractivity contribution in [2.75, 3.05) is 23.3 Å². The van der Waals surface area contributed by atoms with E-state index in [-0.39, 0.29) is 18.3 Å². The first-order valence-corrected chi connectivity index (χ1v) is 4.56. The van der Waals surface area contributed by atoms with Gasteiger partial charge in [-0.3, -0.25) is 4.79 Å². The highest BCUT2D eigenvalue weighted by atomic mass is 19.1. The van der Waals surface area contributed by atoms with Gasteiger partial charge in [0.2, 0.25) is 5.91 Å². The van der Waals surface area contributed by atoms with E-state index in [1.807, 2.05) is 6.92 Å². The van der Waals surface area contributed by atoms with Crippen molar-refractivity contribution in [2.45, 2.75) is 6.92 Å². The maximum atomic E-state index is 13.0. The van der Waals surface area contributed by atoms with E-state index >= 15 is 0 Å². The largest absolute Gasteiger partial charge is 0.374 e. The molecule has 0 radical (unpaired) electrons. The van der Waals surface area contributed by atoms with Crippen LogP contribution in [0.1, 0.15) is 6.92 Å². The van der Waals surface area contributed by atoms with Crippen LogP contribution in [0.2, 0.25) is 0 Å². The number of likely N-dealkylation sites (N-methyl/N-ethyl adjacent to an activating group) is 1. The second-order valence-electron chi connectivity index (χ2n) is 3.15. The molecule has 1 aliphatic heterocycles. The summed E-state index contributed by atoms with van der Waals surface area (Å²) in [5.74, 6) is -0.343. The zero-order chi connectivity index (χ0) is 10.1. The number of nitrogens with zero attached hydrogens (tertiary/aromatic N) is 1. The van der Waals surface area contributed by atoms with Gasteiger partial charge in [0.05, 0.1) is 17.9 Å². The number of nitrogens with one attached hydrogen (secondary N) is 1. The number of amides is 1. The van der Waals surface area contributed by atoms with E-state index in [1.165, 1.54) is 12.1 Å². The summed E-state index contributed by atoms with van der Waals surface area (Å²) in [6, 6.07) is 4.41. The van der Waals surface area contributed by atoms with Gasteiger partial charge in [-0.1, -0.05) is 0 Å². The van der Waals surface area contributed by atoms with E-state index < -0.39 is 0 Å². The van der Waals surface area contributed by atoms with Crippen LogP contribution < -0.4 is 10.2 Å². The molecule has 0 atom stereocenters. The molecule has 2 rings (SSSR count). The van der Waals surface area contributed by atoms with Crippen molar-refractivity contribution in [1.29, 1.82) is 0 Å². The van der Waals surface area contributed by atoms with Crippen LogP contribution in [0.5, 0.6) is 0 Å². The Labute approximate surface area is 81.5 Å². The monoisotopic (exact) mass is 194 g/mol. The highest BCUT2D eigenvalue weighted by molar-refractivity contribution is 6.02. The molecule has 0 fully saturated rings. The van der Waals surface area contributed by atoms with Crippen LogP contribution in [-0.2, 0) is 4.79 Å². The average molecular weight is 194 g/mol. The van der Waals surface area contributed by atoms with Gasteiger partial charge < -0.3 is 10.2 Å². The smallest absolute Gasteiger partial charge is 0.246 e. The fraction of sp³-hybridized carbons (Fsp3) is 0.300. The Morgan fingerprint density at radius 3 is 3.07 bits per heavy atom. The fourth-order valence-electron chi connectivity index (χ4n) is 1.62. The normalized spacial score (nSPS) is 15.0. The van der Waals surface area contributed by atoms with Crippen LogP contribution in [-0.4, -0.2) is 19.0 Å². The molecule has 0 spiro atoms. The minimum absolute atomic E-state index is 0.0226. The lowest BCUT2D eigenvalue weighted by molar-refractivity contribution is -0.117. The fourth-order valence-corrected chi connectivity index (χ4v) is 1.62. The minimum Gasteiger partial charge on any atom is -0.374 e. The van der Waals surface area contributed by atoms with Crippen LogP contribution in [0.4, 0.5) is 15.8 Å². The average Bonchev–Trinajstić information content (AvgIpc) is 2.17. The molecule has 1 N–H and O–H groups in total. The number of anilines is 2. The first-order chi connectivity index (χ1) is 6.72. The first-order valence-electron chi connectivity index (χ1n) is 4.56. The molecule has 14 heavy (non-hydrogen) atoms. The Morgan fingerprint density at radius 2 is 2.36 bits per heavy atom. The number of carbonyl (C=O) groups excluding carboxylic acids is 1. The molecule has 1 amide bonds. The predicted molar refractivity (Wildman–Crippen MR) is 52.9 cm³/mol. The molecule has 0 saturated heterocycles. The molecule has 0 saturated carbocycles. The Hall–Kier alpha value is -1.58. The van der Waals surface area contributed by atoms with Crippen molar-refractivity contribution in [3.05, 3.63) is 24.0 Å². The van der Waals surface area contributed by atoms with Crippen LogP contribution in [0.15, 0.2) is 18.2 Å². The Morgan fingerprint density at radius 1 is 1.57 bits per heavy atom. The molecule has 0 unspecified atom stereocenters. The first kappa shape index (κ1) is 8.99. The number of halogens is 1. The summed E-state index contributed by atoms with van der Waals surface area (Å²) >= 11 is 0. The molecular weight excluding hydrogens is 183 g/mol. The minimum atomic E-state index is -0.321. The SMILES string of the molecule is CCN1C(=O)CNc2ccc(F)cc21. The van der Waals surface area contributed by atoms with Crippen molar-refractivity contribution in [1.82, 2.24) is 0 Å². The van der Waals surface area contributed by atoms with Crippen LogP contribution in [0.25, 0.3) is 0 Å². The quantitative estimate of drug-likeness (QED) is 0.736. The van der Waals surface area contributed by atoms with E-state index in [2.05, 4.69) is 5.32 Å². The van der Waals surface area contributed by atoms with Gasteiger partial charge in [-0.25, -0.2) is 4.39 Å². The molecule has 74 valence electrons. The number of fused-ring (bicyclic) bond motifs is 1. The maximum Gasteiger partial charge on any atom is 0.246 e. The highest BCUT2D eigenvalue weighted by Gasteiger charge is 2.22. The second kappa shape index (κ2) is 3.29. The lowest BCUT2D eigenvalue weighted by Crippen LogP contribution is -2.39. The Balaban J connectivity index is 2.49. The zero-order valence-electron chi connectivity index (χ0n) is 7.88. The van der Waals surface area contributed by atoms with Crippen molar-refractivity contribution in [2.24, 2.45) is 0 Å². The Bertz CT molecular complexity index is 378. The lowest BCUT2D eigenvalue weighted by Gasteiger charge is -2.29. The molecule has 0 bridgehead atoms. The molecule has 0 aliphatic carbocycles. The summed E-state index contributed by atoms with van der Waals surface area (Å²) in [5.41, 5.74) is 1.44. The van der Waals surface area contributed by atoms with E-state index in [0.717, 1.165) is 5.69 Å². The molecule has 3 nitrogen and oxygen atoms in total. The number of hydrogen-bond acceptors (Lipinski definition) is 2. The van der Waals surface area contributed by atoms with E-state index in [1.54, 1.807) is 11.0 Å². The summed E-state index contributed by atoms with van der Waals surface area (Å²) in [6.45, 7) is 2.72. The molecule has 1 heterocycles. The van der Waals surface area contributed by atoms with Gasteiger partial charge in [0, 0.05) is 6.54 Å². The van der Waals surface area contributed by atoms with E-state index in [0.29, 0.717) is 12.2 Å². The summed E-state index contributed by atoms with van der Waals surface area (Å²) in [5, 5.41) is 2.95. The molecule has 4 heteroatoms. The predicted octanol–water partition coefficient (Wildman–Crippen LogP) is 1.60. The van der Waals surface area contributed by atoms with Crippen LogP contribution in [0, 0.1) is 5.82 Å². The molecule has 1 aromatic carbocycles. The van der Waals surface area contributed by atoms with Gasteiger partial charge >= 0.3 is 0 Å². The van der Waals surface area contributed by atoms with Crippen LogP contribution >= 0.6 is 0 Å². The number of hydrogen-bond donors (Lipinski definition) is 1. The summed E-state index contributed by atoms with van der Waals surface area (Å²) < 4.78 is 13.0. The van der Waals surface area contributed by atoms with Gasteiger partial charge in [-0.2, -0.15) is 0 Å². The van der Waals surface area contributed by atoms with E-state index in [4.69, 9.17) is 0 Å². The standard InChI is InChI=1S/C10H11FN2O/c1-2-13-9-5-7(11)3-4-8(9)12-6-10(13)14/h3-5,12H,2,6H2,1H3. The van der Waals surface area contributed by atoms with Crippen LogP contribution in [0.3, 0.4) is 0 Å². The number of carbonyl (C=O) groups is 1. The van der Waals surface area contributed by atoms with Crippen molar-refractivity contribution in [3.63, 3.8) is 0 Å². The molecule has 1 aromatic rings. The van der Waals surface area contributed by atoms with Gasteiger partial charge in [-0.15, -0.1) is 0 Å². The number of benzene rings is 1. The topological polar surface area (TPSA) is 32.3 Å². The molecule has 0 aromatic heterocycles. The van der Waals surface area contributed by atoms with Gasteiger partial charge in [0.1, 0.15) is 5.82 Å².